The lowest BCUT2D eigenvalue weighted by molar-refractivity contribution is -0.116. The van der Waals surface area contributed by atoms with E-state index in [1.165, 1.54) is 6.08 Å². The molecule has 0 saturated carbocycles. The van der Waals surface area contributed by atoms with Crippen molar-refractivity contribution in [3.63, 3.8) is 0 Å². The molecule has 0 spiro atoms. The smallest absolute Gasteiger partial charge is 0.244 e. The molecule has 0 aliphatic heterocycles. The monoisotopic (exact) mass is 248 g/mol. The van der Waals surface area contributed by atoms with Gasteiger partial charge in [-0.25, -0.2) is 0 Å². The second-order valence-corrected chi connectivity index (χ2v) is 4.41. The molecule has 0 aromatic heterocycles. The Morgan fingerprint density at radius 1 is 1.39 bits per heavy atom. The van der Waals surface area contributed by atoms with Crippen molar-refractivity contribution in [2.75, 3.05) is 25.5 Å². The van der Waals surface area contributed by atoms with E-state index in [9.17, 15) is 4.79 Å². The van der Waals surface area contributed by atoms with Crippen LogP contribution in [-0.4, -0.2) is 37.8 Å². The third-order valence-corrected chi connectivity index (χ3v) is 2.41. The van der Waals surface area contributed by atoms with Gasteiger partial charge in [-0.05, 0) is 30.7 Å². The molecular formula is C14H20N2O2. The van der Waals surface area contributed by atoms with Crippen molar-refractivity contribution in [1.82, 2.24) is 5.32 Å². The van der Waals surface area contributed by atoms with Crippen LogP contribution < -0.4 is 10.2 Å². The lowest BCUT2D eigenvalue weighted by atomic mass is 10.2. The summed E-state index contributed by atoms with van der Waals surface area (Å²) in [6, 6.07) is 7.89. The predicted octanol–water partition coefficient (Wildman–Crippen LogP) is 1.26. The number of amides is 1. The van der Waals surface area contributed by atoms with Crippen molar-refractivity contribution in [2.24, 2.45) is 0 Å². The first-order chi connectivity index (χ1) is 8.49. The van der Waals surface area contributed by atoms with Gasteiger partial charge in [0.25, 0.3) is 0 Å². The van der Waals surface area contributed by atoms with E-state index in [-0.39, 0.29) is 12.5 Å². The molecule has 1 aromatic carbocycles. The summed E-state index contributed by atoms with van der Waals surface area (Å²) in [5.74, 6) is -0.201. The standard InChI is InChI=1S/C14H20N2O2/c1-11(17)10-15-14(18)9-6-12-4-7-13(8-5-12)16(2)3/h4-9,11,17H,10H2,1-3H3,(H,15,18)/b9-6+. The maximum Gasteiger partial charge on any atom is 0.244 e. The highest BCUT2D eigenvalue weighted by molar-refractivity contribution is 5.91. The average molecular weight is 248 g/mol. The number of aliphatic hydroxyl groups is 1. The number of hydrogen-bond donors (Lipinski definition) is 2. The molecule has 1 aromatic rings. The number of nitrogens with one attached hydrogen (secondary N) is 1. The van der Waals surface area contributed by atoms with Crippen molar-refractivity contribution < 1.29 is 9.90 Å². The quantitative estimate of drug-likeness (QED) is 0.771. The van der Waals surface area contributed by atoms with Crippen molar-refractivity contribution in [3.8, 4) is 0 Å². The van der Waals surface area contributed by atoms with Crippen molar-refractivity contribution in [3.05, 3.63) is 35.9 Å². The number of carbonyl (C=O) groups is 1. The van der Waals surface area contributed by atoms with Gasteiger partial charge in [0.05, 0.1) is 6.10 Å². The normalized spacial score (nSPS) is 12.4. The van der Waals surface area contributed by atoms with E-state index >= 15 is 0 Å². The van der Waals surface area contributed by atoms with Gasteiger partial charge in [-0.15, -0.1) is 0 Å². The summed E-state index contributed by atoms with van der Waals surface area (Å²) < 4.78 is 0. The molecule has 0 radical (unpaired) electrons. The van der Waals surface area contributed by atoms with Gasteiger partial charge >= 0.3 is 0 Å². The molecule has 4 heteroatoms. The van der Waals surface area contributed by atoms with Gasteiger partial charge in [0.1, 0.15) is 0 Å². The second kappa shape index (κ2) is 6.81. The molecule has 4 nitrogen and oxygen atoms in total. The molecule has 0 saturated heterocycles. The van der Waals surface area contributed by atoms with E-state index in [4.69, 9.17) is 5.11 Å². The summed E-state index contributed by atoms with van der Waals surface area (Å²) in [5.41, 5.74) is 2.08. The molecule has 1 unspecified atom stereocenters. The maximum absolute atomic E-state index is 11.4. The molecular weight excluding hydrogens is 228 g/mol. The Hall–Kier alpha value is -1.81. The van der Waals surface area contributed by atoms with E-state index in [2.05, 4.69) is 5.32 Å². The van der Waals surface area contributed by atoms with Crippen LogP contribution in [0.25, 0.3) is 6.08 Å². The lowest BCUT2D eigenvalue weighted by Gasteiger charge is -2.11. The van der Waals surface area contributed by atoms with Crippen LogP contribution in [0, 0.1) is 0 Å². The van der Waals surface area contributed by atoms with Gasteiger partial charge in [-0.1, -0.05) is 12.1 Å². The first-order valence-electron chi connectivity index (χ1n) is 5.90. The highest BCUT2D eigenvalue weighted by Gasteiger charge is 1.98. The Labute approximate surface area is 108 Å². The van der Waals surface area contributed by atoms with E-state index in [0.29, 0.717) is 0 Å². The fourth-order valence-electron chi connectivity index (χ4n) is 1.36. The Morgan fingerprint density at radius 2 is 2.00 bits per heavy atom. The van der Waals surface area contributed by atoms with Crippen LogP contribution in [0.3, 0.4) is 0 Å². The summed E-state index contributed by atoms with van der Waals surface area (Å²) >= 11 is 0. The third kappa shape index (κ3) is 5.01. The Balaban J connectivity index is 2.53. The van der Waals surface area contributed by atoms with Crippen LogP contribution in [0.1, 0.15) is 12.5 Å². The maximum atomic E-state index is 11.4. The second-order valence-electron chi connectivity index (χ2n) is 4.41. The van der Waals surface area contributed by atoms with E-state index in [1.807, 2.05) is 43.3 Å². The largest absolute Gasteiger partial charge is 0.392 e. The molecule has 1 amide bonds. The molecule has 1 rings (SSSR count). The van der Waals surface area contributed by atoms with Gasteiger partial charge in [-0.3, -0.25) is 4.79 Å². The van der Waals surface area contributed by atoms with Gasteiger partial charge in [-0.2, -0.15) is 0 Å². The Bertz CT molecular complexity index is 408. The molecule has 1 atom stereocenters. The molecule has 0 heterocycles. The minimum absolute atomic E-state index is 0.201. The van der Waals surface area contributed by atoms with Gasteiger partial charge in [0, 0.05) is 32.4 Å². The van der Waals surface area contributed by atoms with Crippen molar-refractivity contribution in [2.45, 2.75) is 13.0 Å². The van der Waals surface area contributed by atoms with Crippen molar-refractivity contribution in [1.29, 1.82) is 0 Å². The van der Waals surface area contributed by atoms with Crippen LogP contribution in [0.5, 0.6) is 0 Å². The number of aliphatic hydroxyl groups excluding tert-OH is 1. The first-order valence-corrected chi connectivity index (χ1v) is 5.90. The summed E-state index contributed by atoms with van der Waals surface area (Å²) in [6.45, 7) is 1.90. The first kappa shape index (κ1) is 14.3. The molecule has 98 valence electrons. The fourth-order valence-corrected chi connectivity index (χ4v) is 1.36. The lowest BCUT2D eigenvalue weighted by Crippen LogP contribution is -2.28. The molecule has 0 fully saturated rings. The molecule has 18 heavy (non-hydrogen) atoms. The summed E-state index contributed by atoms with van der Waals surface area (Å²) in [6.07, 6.45) is 2.69. The van der Waals surface area contributed by atoms with Crippen LogP contribution in [0.4, 0.5) is 5.69 Å². The number of carbonyl (C=O) groups excluding carboxylic acids is 1. The summed E-state index contributed by atoms with van der Waals surface area (Å²) in [5, 5.41) is 11.6. The van der Waals surface area contributed by atoms with Crippen molar-refractivity contribution >= 4 is 17.7 Å². The Morgan fingerprint density at radius 3 is 2.50 bits per heavy atom. The minimum Gasteiger partial charge on any atom is -0.392 e. The third-order valence-electron chi connectivity index (χ3n) is 2.41. The van der Waals surface area contributed by atoms with Gasteiger partial charge in [0.15, 0.2) is 0 Å². The molecule has 0 aliphatic carbocycles. The zero-order valence-corrected chi connectivity index (χ0v) is 11.1. The minimum atomic E-state index is -0.526. The van der Waals surface area contributed by atoms with Gasteiger partial charge in [0.2, 0.25) is 5.91 Å². The number of hydrogen-bond acceptors (Lipinski definition) is 3. The van der Waals surface area contributed by atoms with Gasteiger partial charge < -0.3 is 15.3 Å². The molecule has 0 aliphatic rings. The summed E-state index contributed by atoms with van der Waals surface area (Å²) in [7, 11) is 3.96. The molecule has 0 bridgehead atoms. The zero-order valence-electron chi connectivity index (χ0n) is 11.1. The fraction of sp³-hybridized carbons (Fsp3) is 0.357. The topological polar surface area (TPSA) is 52.6 Å². The zero-order chi connectivity index (χ0) is 13.5. The SMILES string of the molecule is CC(O)CNC(=O)/C=C/c1ccc(N(C)C)cc1. The molecule has 2 N–H and O–H groups in total. The van der Waals surface area contributed by atoms with E-state index in [1.54, 1.807) is 13.0 Å². The van der Waals surface area contributed by atoms with E-state index in [0.717, 1.165) is 11.3 Å². The predicted molar refractivity (Wildman–Crippen MR) is 74.5 cm³/mol. The average Bonchev–Trinajstić information content (AvgIpc) is 2.34. The summed E-state index contributed by atoms with van der Waals surface area (Å²) in [4.78, 5) is 13.4. The van der Waals surface area contributed by atoms with Crippen LogP contribution in [0.15, 0.2) is 30.3 Å². The number of benzene rings is 1. The Kier molecular flexibility index (Phi) is 5.39. The highest BCUT2D eigenvalue weighted by Crippen LogP contribution is 2.12. The van der Waals surface area contributed by atoms with Crippen LogP contribution >= 0.6 is 0 Å². The highest BCUT2D eigenvalue weighted by atomic mass is 16.3. The number of nitrogens with zero attached hydrogens (tertiary/aromatic N) is 1. The van der Waals surface area contributed by atoms with Crippen LogP contribution in [0.2, 0.25) is 0 Å². The van der Waals surface area contributed by atoms with E-state index < -0.39 is 6.10 Å². The number of anilines is 1. The number of rotatable bonds is 5. The van der Waals surface area contributed by atoms with Crippen LogP contribution in [-0.2, 0) is 4.79 Å².